The Kier molecular flexibility index (Phi) is 5.33. The number of benzene rings is 1. The molecule has 2 aromatic rings. The molecule has 1 aromatic carbocycles. The summed E-state index contributed by atoms with van der Waals surface area (Å²) in [5.74, 6) is -2.87. The van der Waals surface area contributed by atoms with E-state index in [2.05, 4.69) is 16.9 Å². The van der Waals surface area contributed by atoms with Crippen LogP contribution in [0.15, 0.2) is 47.2 Å². The number of nitrogens with two attached hydrogens (primary N) is 2. The number of aliphatic hydroxyl groups excluding tert-OH is 1. The third-order valence-electron chi connectivity index (χ3n) is 9.20. The zero-order chi connectivity index (χ0) is 27.1. The normalized spacial score (nSPS) is 32.3. The van der Waals surface area contributed by atoms with Gasteiger partial charge in [-0.2, -0.15) is 0 Å². The van der Waals surface area contributed by atoms with Crippen LogP contribution in [0.25, 0.3) is 11.4 Å². The van der Waals surface area contributed by atoms with Crippen molar-refractivity contribution in [1.29, 1.82) is 0 Å². The number of methoxy groups -OCH3 is 1. The number of nitrogens with one attached hydrogen (secondary N) is 1. The number of ether oxygens (including phenoxy) is 1. The maximum absolute atomic E-state index is 14.2. The Morgan fingerprint density at radius 1 is 1.21 bits per heavy atom. The standard InChI is InChI=1S/C28H30N4O6/c1-11-7-13(8-11)28-16(21(29)23(35)20(24(28)36)26(30)37)10-12-9-15-14(27-31-5-6-32-27)3-4-17(33)19(15)22(34)18(12)25(28)38-2/h3-6,11-13,16,21,33,36H,7-10,29H2,1-2H3,(H2,30,37)(H,31,32)/t11?,12?,13?,16-,21?,28-/m0/s1. The van der Waals surface area contributed by atoms with E-state index < -0.39 is 52.1 Å². The lowest BCUT2D eigenvalue weighted by molar-refractivity contribution is -0.129. The first-order chi connectivity index (χ1) is 18.1. The third kappa shape index (κ3) is 2.97. The van der Waals surface area contributed by atoms with Crippen molar-refractivity contribution in [3.05, 3.63) is 58.3 Å². The largest absolute Gasteiger partial charge is 0.510 e. The summed E-state index contributed by atoms with van der Waals surface area (Å²) in [6, 6.07) is 2.08. The molecule has 38 heavy (non-hydrogen) atoms. The molecule has 1 aromatic heterocycles. The Morgan fingerprint density at radius 2 is 1.95 bits per heavy atom. The molecule has 1 amide bonds. The zero-order valence-electron chi connectivity index (χ0n) is 21.2. The van der Waals surface area contributed by atoms with Gasteiger partial charge in [-0.05, 0) is 61.1 Å². The number of carbonyl (C=O) groups excluding carboxylic acids is 3. The van der Waals surface area contributed by atoms with Crippen molar-refractivity contribution in [2.75, 3.05) is 7.11 Å². The number of aromatic amines is 1. The highest BCUT2D eigenvalue weighted by atomic mass is 16.5. The topological polar surface area (TPSA) is 182 Å². The van der Waals surface area contributed by atoms with Crippen molar-refractivity contribution in [2.24, 2.45) is 40.6 Å². The average Bonchev–Trinajstić information content (AvgIpc) is 3.39. The van der Waals surface area contributed by atoms with Gasteiger partial charge in [0.2, 0.25) is 0 Å². The molecular weight excluding hydrogens is 488 g/mol. The number of primary amides is 1. The lowest BCUT2D eigenvalue weighted by Crippen LogP contribution is -2.62. The number of aliphatic hydroxyl groups is 1. The number of H-pyrrole nitrogens is 1. The quantitative estimate of drug-likeness (QED) is 0.382. The summed E-state index contributed by atoms with van der Waals surface area (Å²) >= 11 is 0. The lowest BCUT2D eigenvalue weighted by atomic mass is 9.46. The molecule has 4 aliphatic carbocycles. The summed E-state index contributed by atoms with van der Waals surface area (Å²) in [5.41, 5.74) is 12.1. The van der Waals surface area contributed by atoms with Gasteiger partial charge in [-0.15, -0.1) is 0 Å². The molecule has 7 N–H and O–H groups in total. The summed E-state index contributed by atoms with van der Waals surface area (Å²) in [7, 11) is 1.42. The lowest BCUT2D eigenvalue weighted by Gasteiger charge is -2.58. The molecule has 0 spiro atoms. The predicted octanol–water partition coefficient (Wildman–Crippen LogP) is 2.30. The van der Waals surface area contributed by atoms with Crippen molar-refractivity contribution < 1.29 is 29.3 Å². The van der Waals surface area contributed by atoms with Gasteiger partial charge in [0.1, 0.15) is 28.7 Å². The number of ketones is 2. The molecule has 0 aliphatic heterocycles. The number of aromatic nitrogens is 2. The van der Waals surface area contributed by atoms with Gasteiger partial charge in [-0.1, -0.05) is 6.92 Å². The summed E-state index contributed by atoms with van der Waals surface area (Å²) in [4.78, 5) is 47.2. The number of phenols is 1. The van der Waals surface area contributed by atoms with Crippen molar-refractivity contribution in [3.8, 4) is 17.1 Å². The van der Waals surface area contributed by atoms with Crippen LogP contribution in [0, 0.1) is 29.1 Å². The second-order valence-corrected chi connectivity index (χ2v) is 11.1. The number of fused-ring (bicyclic) bond motifs is 3. The molecule has 0 bridgehead atoms. The number of aromatic hydroxyl groups is 1. The highest BCUT2D eigenvalue weighted by molar-refractivity contribution is 6.22. The van der Waals surface area contributed by atoms with Crippen LogP contribution in [-0.2, 0) is 20.7 Å². The van der Waals surface area contributed by atoms with Crippen LogP contribution in [-0.4, -0.2) is 50.8 Å². The molecule has 198 valence electrons. The average molecular weight is 519 g/mol. The molecule has 1 heterocycles. The minimum absolute atomic E-state index is 0.157. The van der Waals surface area contributed by atoms with Crippen LogP contribution in [0.2, 0.25) is 0 Å². The van der Waals surface area contributed by atoms with E-state index in [1.54, 1.807) is 18.5 Å². The predicted molar refractivity (Wildman–Crippen MR) is 136 cm³/mol. The fourth-order valence-electron chi connectivity index (χ4n) is 7.64. The van der Waals surface area contributed by atoms with E-state index in [0.29, 0.717) is 54.1 Å². The van der Waals surface area contributed by atoms with Gasteiger partial charge >= 0.3 is 0 Å². The zero-order valence-corrected chi connectivity index (χ0v) is 21.2. The van der Waals surface area contributed by atoms with E-state index in [-0.39, 0.29) is 23.0 Å². The number of amides is 1. The van der Waals surface area contributed by atoms with Crippen LogP contribution in [0.4, 0.5) is 0 Å². The number of allylic oxidation sites excluding steroid dienone is 1. The summed E-state index contributed by atoms with van der Waals surface area (Å²) in [6.45, 7) is 2.08. The van der Waals surface area contributed by atoms with Crippen molar-refractivity contribution in [2.45, 2.75) is 38.6 Å². The second kappa shape index (κ2) is 8.29. The van der Waals surface area contributed by atoms with Crippen LogP contribution < -0.4 is 11.5 Å². The summed E-state index contributed by atoms with van der Waals surface area (Å²) in [5, 5.41) is 22.5. The molecule has 2 unspecified atom stereocenters. The molecule has 4 atom stereocenters. The van der Waals surface area contributed by atoms with E-state index in [4.69, 9.17) is 16.2 Å². The van der Waals surface area contributed by atoms with E-state index >= 15 is 0 Å². The first-order valence-electron chi connectivity index (χ1n) is 12.8. The number of carbonyl (C=O) groups is 3. The van der Waals surface area contributed by atoms with E-state index in [1.807, 2.05) is 0 Å². The van der Waals surface area contributed by atoms with Crippen molar-refractivity contribution >= 4 is 17.5 Å². The molecule has 10 nitrogen and oxygen atoms in total. The number of hydrogen-bond donors (Lipinski definition) is 5. The number of hydrogen-bond acceptors (Lipinski definition) is 8. The Labute approximate surface area is 218 Å². The van der Waals surface area contributed by atoms with Crippen LogP contribution >= 0.6 is 0 Å². The number of imidazole rings is 1. The number of nitrogens with zero attached hydrogens (tertiary/aromatic N) is 1. The van der Waals surface area contributed by atoms with Gasteiger partial charge in [0, 0.05) is 29.4 Å². The van der Waals surface area contributed by atoms with E-state index in [0.717, 1.165) is 0 Å². The molecule has 4 aliphatic rings. The summed E-state index contributed by atoms with van der Waals surface area (Å²) in [6.07, 6.45) is 5.36. The first kappa shape index (κ1) is 24.4. The van der Waals surface area contributed by atoms with Crippen molar-refractivity contribution in [3.63, 3.8) is 0 Å². The van der Waals surface area contributed by atoms with Crippen LogP contribution in [0.3, 0.4) is 0 Å². The van der Waals surface area contributed by atoms with Crippen molar-refractivity contribution in [1.82, 2.24) is 9.97 Å². The van der Waals surface area contributed by atoms with E-state index in [9.17, 15) is 24.6 Å². The third-order valence-corrected chi connectivity index (χ3v) is 9.20. The number of Topliss-reactive ketones (excluding diaryl/α,β-unsaturated/α-hetero) is 2. The summed E-state index contributed by atoms with van der Waals surface area (Å²) < 4.78 is 5.98. The molecule has 0 radical (unpaired) electrons. The van der Waals surface area contributed by atoms with Gasteiger partial charge in [0.05, 0.1) is 24.1 Å². The van der Waals surface area contributed by atoms with Gasteiger partial charge in [-0.25, -0.2) is 4.98 Å². The fourth-order valence-corrected chi connectivity index (χ4v) is 7.64. The maximum atomic E-state index is 14.2. The number of phenolic OH excluding ortho intramolecular Hbond substituents is 1. The first-order valence-corrected chi connectivity index (χ1v) is 12.8. The Hall–Kier alpha value is -3.92. The fraction of sp³-hybridized carbons (Fsp3) is 0.429. The molecule has 0 saturated heterocycles. The van der Waals surface area contributed by atoms with Gasteiger partial charge in [0.15, 0.2) is 11.6 Å². The highest BCUT2D eigenvalue weighted by Crippen LogP contribution is 2.65. The Bertz CT molecular complexity index is 1450. The molecule has 1 fully saturated rings. The Morgan fingerprint density at radius 3 is 2.55 bits per heavy atom. The van der Waals surface area contributed by atoms with Gasteiger partial charge < -0.3 is 31.4 Å². The minimum Gasteiger partial charge on any atom is -0.510 e. The molecule has 1 saturated carbocycles. The maximum Gasteiger partial charge on any atom is 0.255 e. The van der Waals surface area contributed by atoms with Gasteiger partial charge in [-0.3, -0.25) is 14.4 Å². The monoisotopic (exact) mass is 518 g/mol. The SMILES string of the molecule is COC1=C2C(=O)c3c(O)ccc(-c4ncc[nH]4)c3CC2C[C@H]2C(N)C(=O)C(C(N)=O)=C(O)[C@@]12C1CC(C)C1. The van der Waals surface area contributed by atoms with Gasteiger partial charge in [0.25, 0.3) is 5.91 Å². The van der Waals surface area contributed by atoms with E-state index in [1.165, 1.54) is 13.2 Å². The minimum atomic E-state index is -1.34. The Balaban J connectivity index is 1.64. The smallest absolute Gasteiger partial charge is 0.255 e. The highest BCUT2D eigenvalue weighted by Gasteiger charge is 2.66. The second-order valence-electron chi connectivity index (χ2n) is 11.1. The van der Waals surface area contributed by atoms with Crippen LogP contribution in [0.1, 0.15) is 42.1 Å². The molecule has 6 rings (SSSR count). The molecular formula is C28H30N4O6. The molecule has 10 heteroatoms. The van der Waals surface area contributed by atoms with Crippen LogP contribution in [0.5, 0.6) is 5.75 Å². The number of rotatable bonds is 4.